The predicted octanol–water partition coefficient (Wildman–Crippen LogP) is 2.99. The third-order valence-corrected chi connectivity index (χ3v) is 2.78. The molecule has 0 radical (unpaired) electrons. The SMILES string of the molecule is CC(=O)C(c1ccccc1)c1cccc(N)c1. The molecule has 2 aromatic rings. The van der Waals surface area contributed by atoms with Crippen LogP contribution in [0.2, 0.25) is 0 Å². The number of ketones is 1. The number of nitrogens with two attached hydrogens (primary N) is 1. The normalized spacial score (nSPS) is 12.1. The molecule has 0 spiro atoms. The van der Waals surface area contributed by atoms with E-state index in [4.69, 9.17) is 5.73 Å². The fraction of sp³-hybridized carbons (Fsp3) is 0.133. The van der Waals surface area contributed by atoms with Crippen LogP contribution in [-0.2, 0) is 4.79 Å². The molecule has 0 heterocycles. The molecule has 0 amide bonds. The number of rotatable bonds is 3. The van der Waals surface area contributed by atoms with Crippen molar-refractivity contribution in [2.75, 3.05) is 5.73 Å². The molecular formula is C15H15NO. The largest absolute Gasteiger partial charge is 0.399 e. The van der Waals surface area contributed by atoms with Crippen LogP contribution in [0.1, 0.15) is 24.0 Å². The summed E-state index contributed by atoms with van der Waals surface area (Å²) in [5.74, 6) is -0.0958. The average Bonchev–Trinajstić information content (AvgIpc) is 2.30. The van der Waals surface area contributed by atoms with Crippen molar-refractivity contribution in [3.63, 3.8) is 0 Å². The van der Waals surface area contributed by atoms with Crippen molar-refractivity contribution in [2.24, 2.45) is 0 Å². The summed E-state index contributed by atoms with van der Waals surface area (Å²) < 4.78 is 0. The van der Waals surface area contributed by atoms with Gasteiger partial charge in [0.25, 0.3) is 0 Å². The molecule has 1 atom stereocenters. The summed E-state index contributed by atoms with van der Waals surface area (Å²) >= 11 is 0. The summed E-state index contributed by atoms with van der Waals surface area (Å²) in [6.07, 6.45) is 0. The highest BCUT2D eigenvalue weighted by Gasteiger charge is 2.18. The van der Waals surface area contributed by atoms with E-state index in [1.165, 1.54) is 0 Å². The Labute approximate surface area is 101 Å². The van der Waals surface area contributed by atoms with Crippen LogP contribution in [0.3, 0.4) is 0 Å². The van der Waals surface area contributed by atoms with Gasteiger partial charge in [-0.1, -0.05) is 42.5 Å². The van der Waals surface area contributed by atoms with E-state index in [0.29, 0.717) is 5.69 Å². The lowest BCUT2D eigenvalue weighted by Crippen LogP contribution is -2.10. The van der Waals surface area contributed by atoms with Crippen molar-refractivity contribution in [1.29, 1.82) is 0 Å². The summed E-state index contributed by atoms with van der Waals surface area (Å²) in [4.78, 5) is 11.8. The summed E-state index contributed by atoms with van der Waals surface area (Å²) in [7, 11) is 0. The van der Waals surface area contributed by atoms with Gasteiger partial charge in [-0.05, 0) is 30.2 Å². The van der Waals surface area contributed by atoms with Crippen LogP contribution in [0.25, 0.3) is 0 Å². The molecule has 0 bridgehead atoms. The molecule has 1 unspecified atom stereocenters. The lowest BCUT2D eigenvalue weighted by molar-refractivity contribution is -0.117. The Kier molecular flexibility index (Phi) is 3.24. The van der Waals surface area contributed by atoms with Crippen LogP contribution in [0.4, 0.5) is 5.69 Å². The van der Waals surface area contributed by atoms with Gasteiger partial charge < -0.3 is 5.73 Å². The number of carbonyl (C=O) groups is 1. The molecule has 0 saturated carbocycles. The van der Waals surface area contributed by atoms with Crippen molar-refractivity contribution in [2.45, 2.75) is 12.8 Å². The van der Waals surface area contributed by atoms with E-state index in [1.54, 1.807) is 6.92 Å². The van der Waals surface area contributed by atoms with Gasteiger partial charge in [-0.2, -0.15) is 0 Å². The lowest BCUT2D eigenvalue weighted by atomic mass is 9.88. The Morgan fingerprint density at radius 1 is 1.00 bits per heavy atom. The van der Waals surface area contributed by atoms with Crippen molar-refractivity contribution in [1.82, 2.24) is 0 Å². The number of hydrogen-bond donors (Lipinski definition) is 1. The number of nitrogen functional groups attached to an aromatic ring is 1. The molecule has 17 heavy (non-hydrogen) atoms. The van der Waals surface area contributed by atoms with Crippen LogP contribution >= 0.6 is 0 Å². The van der Waals surface area contributed by atoms with Crippen molar-refractivity contribution in [3.05, 3.63) is 65.7 Å². The standard InChI is InChI=1S/C15H15NO/c1-11(17)15(12-6-3-2-4-7-12)13-8-5-9-14(16)10-13/h2-10,15H,16H2,1H3. The zero-order valence-electron chi connectivity index (χ0n) is 9.76. The first-order chi connectivity index (χ1) is 8.18. The van der Waals surface area contributed by atoms with Gasteiger partial charge in [-0.15, -0.1) is 0 Å². The van der Waals surface area contributed by atoms with Gasteiger partial charge in [0.1, 0.15) is 5.78 Å². The molecular weight excluding hydrogens is 210 g/mol. The van der Waals surface area contributed by atoms with E-state index >= 15 is 0 Å². The van der Waals surface area contributed by atoms with Gasteiger partial charge in [0.05, 0.1) is 5.92 Å². The lowest BCUT2D eigenvalue weighted by Gasteiger charge is -2.15. The van der Waals surface area contributed by atoms with Crippen molar-refractivity contribution < 1.29 is 4.79 Å². The molecule has 2 nitrogen and oxygen atoms in total. The molecule has 2 rings (SSSR count). The molecule has 2 heteroatoms. The predicted molar refractivity (Wildman–Crippen MR) is 69.8 cm³/mol. The summed E-state index contributed by atoms with van der Waals surface area (Å²) in [5.41, 5.74) is 8.40. The average molecular weight is 225 g/mol. The fourth-order valence-electron chi connectivity index (χ4n) is 2.05. The van der Waals surface area contributed by atoms with Gasteiger partial charge in [0, 0.05) is 5.69 Å². The van der Waals surface area contributed by atoms with E-state index in [-0.39, 0.29) is 11.7 Å². The van der Waals surface area contributed by atoms with Crippen LogP contribution < -0.4 is 5.73 Å². The number of hydrogen-bond acceptors (Lipinski definition) is 2. The third kappa shape index (κ3) is 2.53. The number of carbonyl (C=O) groups excluding carboxylic acids is 1. The highest BCUT2D eigenvalue weighted by Crippen LogP contribution is 2.26. The minimum Gasteiger partial charge on any atom is -0.399 e. The van der Waals surface area contributed by atoms with E-state index in [2.05, 4.69) is 0 Å². The van der Waals surface area contributed by atoms with Gasteiger partial charge in [0.15, 0.2) is 0 Å². The Morgan fingerprint density at radius 3 is 2.24 bits per heavy atom. The van der Waals surface area contributed by atoms with Crippen LogP contribution in [-0.4, -0.2) is 5.78 Å². The number of anilines is 1. The Balaban J connectivity index is 2.47. The maximum absolute atomic E-state index is 11.8. The maximum Gasteiger partial charge on any atom is 0.141 e. The first-order valence-electron chi connectivity index (χ1n) is 5.59. The Bertz CT molecular complexity index is 519. The quantitative estimate of drug-likeness (QED) is 0.816. The molecule has 0 aliphatic heterocycles. The minimum atomic E-state index is -0.223. The molecule has 0 saturated heterocycles. The smallest absolute Gasteiger partial charge is 0.141 e. The molecule has 0 aliphatic carbocycles. The fourth-order valence-corrected chi connectivity index (χ4v) is 2.05. The summed E-state index contributed by atoms with van der Waals surface area (Å²) in [6, 6.07) is 17.3. The summed E-state index contributed by atoms with van der Waals surface area (Å²) in [5, 5.41) is 0. The first-order valence-corrected chi connectivity index (χ1v) is 5.59. The minimum absolute atomic E-state index is 0.127. The second kappa shape index (κ2) is 4.83. The zero-order valence-corrected chi connectivity index (χ0v) is 9.76. The van der Waals surface area contributed by atoms with E-state index < -0.39 is 0 Å². The summed E-state index contributed by atoms with van der Waals surface area (Å²) in [6.45, 7) is 1.61. The van der Waals surface area contributed by atoms with Crippen LogP contribution in [0, 0.1) is 0 Å². The zero-order chi connectivity index (χ0) is 12.3. The highest BCUT2D eigenvalue weighted by atomic mass is 16.1. The second-order valence-electron chi connectivity index (χ2n) is 4.12. The van der Waals surface area contributed by atoms with Gasteiger partial charge in [-0.25, -0.2) is 0 Å². The van der Waals surface area contributed by atoms with Crippen LogP contribution in [0.15, 0.2) is 54.6 Å². The third-order valence-electron chi connectivity index (χ3n) is 2.78. The number of Topliss-reactive ketones (excluding diaryl/α,β-unsaturated/α-hetero) is 1. The molecule has 2 N–H and O–H groups in total. The van der Waals surface area contributed by atoms with Crippen LogP contribution in [0.5, 0.6) is 0 Å². The van der Waals surface area contributed by atoms with Gasteiger partial charge in [0.2, 0.25) is 0 Å². The molecule has 0 aromatic heterocycles. The second-order valence-corrected chi connectivity index (χ2v) is 4.12. The molecule has 0 fully saturated rings. The monoisotopic (exact) mass is 225 g/mol. The first kappa shape index (κ1) is 11.4. The van der Waals surface area contributed by atoms with Crippen molar-refractivity contribution >= 4 is 11.5 Å². The van der Waals surface area contributed by atoms with E-state index in [0.717, 1.165) is 11.1 Å². The molecule has 2 aromatic carbocycles. The molecule has 86 valence electrons. The Morgan fingerprint density at radius 2 is 1.65 bits per heavy atom. The highest BCUT2D eigenvalue weighted by molar-refractivity contribution is 5.87. The maximum atomic E-state index is 11.8. The topological polar surface area (TPSA) is 43.1 Å². The van der Waals surface area contributed by atoms with E-state index in [9.17, 15) is 4.79 Å². The molecule has 0 aliphatic rings. The van der Waals surface area contributed by atoms with E-state index in [1.807, 2.05) is 54.6 Å². The number of benzene rings is 2. The van der Waals surface area contributed by atoms with Gasteiger partial charge in [-0.3, -0.25) is 4.79 Å². The van der Waals surface area contributed by atoms with Gasteiger partial charge >= 0.3 is 0 Å². The Hall–Kier alpha value is -2.09. The van der Waals surface area contributed by atoms with Crippen molar-refractivity contribution in [3.8, 4) is 0 Å².